The van der Waals surface area contributed by atoms with E-state index < -0.39 is 0 Å². The Balaban J connectivity index is 2.20. The molecule has 11 heavy (non-hydrogen) atoms. The normalized spacial score (nSPS) is 26.5. The topological polar surface area (TPSA) is 35.5 Å². The number of hydrogen-bond donors (Lipinski definition) is 2. The second kappa shape index (κ2) is 2.43. The molecule has 0 aromatic heterocycles. The highest BCUT2D eigenvalue weighted by molar-refractivity contribution is 5.23. The van der Waals surface area contributed by atoms with Gasteiger partial charge in [0.25, 0.3) is 0 Å². The zero-order valence-electron chi connectivity index (χ0n) is 6.07. The average molecular weight is 150 g/mol. The molecule has 2 N–H and O–H groups in total. The highest BCUT2D eigenvalue weighted by atomic mass is 16.3. The Hall–Kier alpha value is -1.22. The van der Waals surface area contributed by atoms with Crippen molar-refractivity contribution in [3.8, 4) is 0 Å². The molecule has 0 bridgehead atoms. The van der Waals surface area contributed by atoms with Crippen molar-refractivity contribution >= 4 is 0 Å². The fourth-order valence-corrected chi connectivity index (χ4v) is 1.29. The molecular weight excluding hydrogens is 140 g/mol. The molecule has 0 aliphatic carbocycles. The number of hydrogen-bond acceptors (Lipinski definition) is 3. The molecule has 1 unspecified atom stereocenters. The molecule has 2 rings (SSSR count). The van der Waals surface area contributed by atoms with Crippen molar-refractivity contribution in [3.63, 3.8) is 0 Å². The van der Waals surface area contributed by atoms with Gasteiger partial charge < -0.3 is 15.3 Å². The molecule has 0 fully saturated rings. The van der Waals surface area contributed by atoms with Gasteiger partial charge in [-0.15, -0.1) is 0 Å². The third-order valence-electron chi connectivity index (χ3n) is 1.87. The smallest absolute Gasteiger partial charge is 0.122 e. The molecule has 58 valence electrons. The summed E-state index contributed by atoms with van der Waals surface area (Å²) in [4.78, 5) is 2.00. The molecule has 3 nitrogen and oxygen atoms in total. The molecule has 1 atom stereocenters. The summed E-state index contributed by atoms with van der Waals surface area (Å²) >= 11 is 0. The Bertz CT molecular complexity index is 242. The zero-order chi connectivity index (χ0) is 7.68. The van der Waals surface area contributed by atoms with Gasteiger partial charge in [-0.05, 0) is 12.2 Å². The van der Waals surface area contributed by atoms with E-state index in [4.69, 9.17) is 5.11 Å². The van der Waals surface area contributed by atoms with Crippen LogP contribution in [0.1, 0.15) is 0 Å². The van der Waals surface area contributed by atoms with Gasteiger partial charge in [-0.2, -0.15) is 0 Å². The number of nitrogens with zero attached hydrogens (tertiary/aromatic N) is 1. The lowest BCUT2D eigenvalue weighted by Crippen LogP contribution is -2.32. The van der Waals surface area contributed by atoms with E-state index in [1.807, 2.05) is 35.5 Å². The molecular formula is C8H10N2O. The van der Waals surface area contributed by atoms with E-state index in [0.29, 0.717) is 0 Å². The molecule has 0 saturated carbocycles. The number of fused-ring (bicyclic) bond motifs is 1. The van der Waals surface area contributed by atoms with Crippen LogP contribution in [-0.4, -0.2) is 22.8 Å². The number of aliphatic hydroxyl groups excluding tert-OH is 1. The third kappa shape index (κ3) is 0.935. The number of nitrogens with one attached hydrogen (secondary N) is 1. The monoisotopic (exact) mass is 150 g/mol. The number of rotatable bonds is 1. The molecule has 0 spiro atoms. The molecule has 3 heteroatoms. The summed E-state index contributed by atoms with van der Waals surface area (Å²) in [7, 11) is 0. The van der Waals surface area contributed by atoms with E-state index in [1.54, 1.807) is 0 Å². The summed E-state index contributed by atoms with van der Waals surface area (Å²) in [5.41, 5.74) is 0.913. The molecule has 0 saturated heterocycles. The minimum atomic E-state index is 0.0850. The van der Waals surface area contributed by atoms with Crippen LogP contribution in [0.15, 0.2) is 36.3 Å². The van der Waals surface area contributed by atoms with Crippen LogP contribution in [0.5, 0.6) is 0 Å². The Morgan fingerprint density at radius 1 is 1.55 bits per heavy atom. The van der Waals surface area contributed by atoms with Crippen molar-refractivity contribution in [2.75, 3.05) is 6.61 Å². The molecule has 0 amide bonds. The largest absolute Gasteiger partial charge is 0.390 e. The van der Waals surface area contributed by atoms with Gasteiger partial charge in [0.05, 0.1) is 12.3 Å². The second-order valence-corrected chi connectivity index (χ2v) is 2.54. The van der Waals surface area contributed by atoms with Crippen LogP contribution < -0.4 is 5.32 Å². The van der Waals surface area contributed by atoms with E-state index in [0.717, 1.165) is 5.70 Å². The first-order chi connectivity index (χ1) is 5.42. The summed E-state index contributed by atoms with van der Waals surface area (Å²) in [6.45, 7) is 0.0850. The molecule has 2 aliphatic rings. The van der Waals surface area contributed by atoms with E-state index in [9.17, 15) is 0 Å². The minimum absolute atomic E-state index is 0.0850. The van der Waals surface area contributed by atoms with Crippen molar-refractivity contribution in [2.45, 2.75) is 6.17 Å². The van der Waals surface area contributed by atoms with Crippen LogP contribution in [0, 0.1) is 0 Å². The number of aliphatic hydroxyl groups is 1. The zero-order valence-corrected chi connectivity index (χ0v) is 6.07. The van der Waals surface area contributed by atoms with Crippen molar-refractivity contribution in [2.24, 2.45) is 0 Å². The molecule has 0 radical (unpaired) electrons. The number of allylic oxidation sites excluding steroid dienone is 2. The fraction of sp³-hybridized carbons (Fsp3) is 0.250. The van der Waals surface area contributed by atoms with Crippen LogP contribution in [0.4, 0.5) is 0 Å². The Labute approximate surface area is 65.3 Å². The predicted octanol–water partition coefficient (Wildman–Crippen LogP) is 0.135. The van der Waals surface area contributed by atoms with Gasteiger partial charge in [-0.1, -0.05) is 6.08 Å². The first-order valence-corrected chi connectivity index (χ1v) is 3.61. The molecule has 0 aromatic rings. The van der Waals surface area contributed by atoms with Crippen molar-refractivity contribution in [1.82, 2.24) is 10.2 Å². The van der Waals surface area contributed by atoms with E-state index in [2.05, 4.69) is 5.32 Å². The average Bonchev–Trinajstić information content (AvgIpc) is 2.47. The van der Waals surface area contributed by atoms with Gasteiger partial charge in [-0.3, -0.25) is 0 Å². The second-order valence-electron chi connectivity index (χ2n) is 2.54. The highest BCUT2D eigenvalue weighted by Crippen LogP contribution is 2.17. The van der Waals surface area contributed by atoms with Gasteiger partial charge >= 0.3 is 0 Å². The first kappa shape index (κ1) is 6.49. The summed E-state index contributed by atoms with van der Waals surface area (Å²) in [6.07, 6.45) is 9.98. The molecule has 2 heterocycles. The van der Waals surface area contributed by atoms with Gasteiger partial charge in [0.15, 0.2) is 0 Å². The summed E-state index contributed by atoms with van der Waals surface area (Å²) < 4.78 is 0. The summed E-state index contributed by atoms with van der Waals surface area (Å²) in [5.74, 6) is 0. The van der Waals surface area contributed by atoms with Crippen LogP contribution in [-0.2, 0) is 0 Å². The SMILES string of the molecule is OCC1=CNC2C=CC=CN12. The maximum absolute atomic E-state index is 8.90. The molecule has 2 aliphatic heterocycles. The van der Waals surface area contributed by atoms with Crippen molar-refractivity contribution in [3.05, 3.63) is 36.3 Å². The standard InChI is InChI=1S/C8H10N2O/c11-6-7-5-9-8-3-1-2-4-10(7)8/h1-5,8-9,11H,6H2. The van der Waals surface area contributed by atoms with Gasteiger partial charge in [0, 0.05) is 12.4 Å². The lowest BCUT2D eigenvalue weighted by molar-refractivity contribution is 0.279. The Kier molecular flexibility index (Phi) is 1.43. The molecule has 0 aromatic carbocycles. The first-order valence-electron chi connectivity index (χ1n) is 3.61. The Morgan fingerprint density at radius 3 is 3.27 bits per heavy atom. The van der Waals surface area contributed by atoms with Crippen LogP contribution >= 0.6 is 0 Å². The van der Waals surface area contributed by atoms with Crippen LogP contribution in [0.2, 0.25) is 0 Å². The van der Waals surface area contributed by atoms with Crippen LogP contribution in [0.3, 0.4) is 0 Å². The van der Waals surface area contributed by atoms with Crippen molar-refractivity contribution < 1.29 is 5.11 Å². The fourth-order valence-electron chi connectivity index (χ4n) is 1.29. The van der Waals surface area contributed by atoms with E-state index in [-0.39, 0.29) is 12.8 Å². The van der Waals surface area contributed by atoms with Gasteiger partial charge in [-0.25, -0.2) is 0 Å². The lowest BCUT2D eigenvalue weighted by Gasteiger charge is -2.24. The predicted molar refractivity (Wildman–Crippen MR) is 42.2 cm³/mol. The minimum Gasteiger partial charge on any atom is -0.390 e. The quantitative estimate of drug-likeness (QED) is 0.558. The lowest BCUT2D eigenvalue weighted by atomic mass is 10.3. The van der Waals surface area contributed by atoms with E-state index in [1.165, 1.54) is 0 Å². The highest BCUT2D eigenvalue weighted by Gasteiger charge is 2.21. The summed E-state index contributed by atoms with van der Waals surface area (Å²) in [5, 5.41) is 12.0. The van der Waals surface area contributed by atoms with Gasteiger partial charge in [0.2, 0.25) is 0 Å². The van der Waals surface area contributed by atoms with Gasteiger partial charge in [0.1, 0.15) is 6.17 Å². The third-order valence-corrected chi connectivity index (χ3v) is 1.87. The van der Waals surface area contributed by atoms with E-state index >= 15 is 0 Å². The maximum atomic E-state index is 8.90. The van der Waals surface area contributed by atoms with Crippen molar-refractivity contribution in [1.29, 1.82) is 0 Å². The van der Waals surface area contributed by atoms with Crippen LogP contribution in [0.25, 0.3) is 0 Å². The summed E-state index contributed by atoms with van der Waals surface area (Å²) in [6, 6.07) is 0. The Morgan fingerprint density at radius 2 is 2.45 bits per heavy atom. The maximum Gasteiger partial charge on any atom is 0.122 e.